The van der Waals surface area contributed by atoms with Crippen molar-refractivity contribution in [1.29, 1.82) is 0 Å². The van der Waals surface area contributed by atoms with E-state index in [0.717, 1.165) is 44.1 Å². The Morgan fingerprint density at radius 3 is 2.41 bits per heavy atom. The zero-order valence-electron chi connectivity index (χ0n) is 19.0. The highest BCUT2D eigenvalue weighted by Crippen LogP contribution is 2.37. The number of thioether (sulfide) groups is 1. The van der Waals surface area contributed by atoms with E-state index in [1.165, 1.54) is 23.5 Å². The van der Waals surface area contributed by atoms with Gasteiger partial charge in [0.15, 0.2) is 0 Å². The lowest BCUT2D eigenvalue weighted by atomic mass is 10.1. The highest BCUT2D eigenvalue weighted by Gasteiger charge is 2.31. The number of nitrogens with zero attached hydrogens (tertiary/aromatic N) is 2. The molecule has 0 bridgehead atoms. The highest BCUT2D eigenvalue weighted by atomic mass is 32.2. The van der Waals surface area contributed by atoms with E-state index in [1.54, 1.807) is 36.4 Å². The second-order valence-electron chi connectivity index (χ2n) is 8.62. The number of benzene rings is 2. The van der Waals surface area contributed by atoms with Crippen LogP contribution in [-0.2, 0) is 22.3 Å². The first-order valence-electron chi connectivity index (χ1n) is 10.5. The number of thiazole rings is 1. The second kappa shape index (κ2) is 8.78. The molecule has 178 valence electrons. The van der Waals surface area contributed by atoms with Crippen molar-refractivity contribution < 1.29 is 23.1 Å². The van der Waals surface area contributed by atoms with Crippen LogP contribution in [0, 0.1) is 13.8 Å². The Balaban J connectivity index is 1.55. The summed E-state index contributed by atoms with van der Waals surface area (Å²) in [5.74, 6) is -0.219. The largest absolute Gasteiger partial charge is 0.480 e. The molecule has 1 N–H and O–H groups in total. The summed E-state index contributed by atoms with van der Waals surface area (Å²) in [4.78, 5) is 18.4. The van der Waals surface area contributed by atoms with Gasteiger partial charge in [0.1, 0.15) is 10.5 Å². The molecule has 0 saturated carbocycles. The Kier molecular flexibility index (Phi) is 6.29. The molecule has 9 heteroatoms. The van der Waals surface area contributed by atoms with E-state index in [1.807, 2.05) is 26.0 Å². The van der Waals surface area contributed by atoms with Gasteiger partial charge >= 0.3 is 12.1 Å². The van der Waals surface area contributed by atoms with E-state index in [2.05, 4.69) is 11.1 Å². The van der Waals surface area contributed by atoms with Gasteiger partial charge in [-0.05, 0) is 63.6 Å². The number of halogens is 3. The first-order chi connectivity index (χ1) is 15.9. The number of rotatable bonds is 6. The summed E-state index contributed by atoms with van der Waals surface area (Å²) in [5, 5.41) is 11.2. The Bertz CT molecular complexity index is 1370. The zero-order valence-corrected chi connectivity index (χ0v) is 20.7. The van der Waals surface area contributed by atoms with Crippen LogP contribution in [0.25, 0.3) is 21.5 Å². The predicted octanol–water partition coefficient (Wildman–Crippen LogP) is 7.51. The summed E-state index contributed by atoms with van der Waals surface area (Å²) in [5.41, 5.74) is 1.71. The molecule has 4 rings (SSSR count). The van der Waals surface area contributed by atoms with Crippen LogP contribution >= 0.6 is 23.1 Å². The number of hydrogen-bond donors (Lipinski definition) is 1. The molecule has 0 aliphatic heterocycles. The lowest BCUT2D eigenvalue weighted by Gasteiger charge is -2.23. The van der Waals surface area contributed by atoms with Crippen LogP contribution in [-0.4, -0.2) is 20.6 Å². The molecule has 0 radical (unpaired) electrons. The third-order valence-corrected chi connectivity index (χ3v) is 8.40. The standard InChI is InChI=1S/C25H23F3N2O2S2/c1-14-11-19-17(9-10-30(19)24(3,4)23(31)32)12-20(14)33-13-21-15(2)29-22(34-21)16-5-7-18(8-6-16)25(26,27)28/h5-12H,13H2,1-4H3,(H,31,32). The maximum absolute atomic E-state index is 12.8. The van der Waals surface area contributed by atoms with E-state index in [4.69, 9.17) is 0 Å². The predicted molar refractivity (Wildman–Crippen MR) is 130 cm³/mol. The maximum Gasteiger partial charge on any atom is 0.416 e. The number of carbonyl (C=O) groups is 1. The molecule has 0 spiro atoms. The molecule has 0 amide bonds. The number of carboxylic acid groups (broad SMARTS) is 1. The minimum Gasteiger partial charge on any atom is -0.480 e. The summed E-state index contributed by atoms with van der Waals surface area (Å²) in [7, 11) is 0. The summed E-state index contributed by atoms with van der Waals surface area (Å²) < 4.78 is 40.3. The summed E-state index contributed by atoms with van der Waals surface area (Å²) in [6.45, 7) is 7.26. The third-order valence-electron chi connectivity index (χ3n) is 5.82. The molecule has 34 heavy (non-hydrogen) atoms. The van der Waals surface area contributed by atoms with Crippen molar-refractivity contribution >= 4 is 40.0 Å². The number of aliphatic carboxylic acids is 1. The van der Waals surface area contributed by atoms with E-state index in [9.17, 15) is 23.1 Å². The quantitative estimate of drug-likeness (QED) is 0.276. The molecular formula is C25H23F3N2O2S2. The van der Waals surface area contributed by atoms with Crippen molar-refractivity contribution in [2.24, 2.45) is 0 Å². The van der Waals surface area contributed by atoms with E-state index >= 15 is 0 Å². The van der Waals surface area contributed by atoms with Crippen LogP contribution in [0.3, 0.4) is 0 Å². The van der Waals surface area contributed by atoms with E-state index < -0.39 is 23.2 Å². The Morgan fingerprint density at radius 2 is 1.79 bits per heavy atom. The molecule has 0 atom stereocenters. The SMILES string of the molecule is Cc1cc2c(ccn2C(C)(C)C(=O)O)cc1SCc1sc(-c2ccc(C(F)(F)F)cc2)nc1C. The van der Waals surface area contributed by atoms with Crippen LogP contribution < -0.4 is 0 Å². The molecule has 2 aromatic carbocycles. The number of aryl methyl sites for hydroxylation is 2. The molecule has 4 nitrogen and oxygen atoms in total. The van der Waals surface area contributed by atoms with Crippen molar-refractivity contribution in [2.75, 3.05) is 0 Å². The first-order valence-corrected chi connectivity index (χ1v) is 12.3. The van der Waals surface area contributed by atoms with Crippen molar-refractivity contribution in [3.63, 3.8) is 0 Å². The molecule has 2 heterocycles. The minimum absolute atomic E-state index is 0.664. The zero-order chi connectivity index (χ0) is 24.8. The number of carboxylic acids is 1. The van der Waals surface area contributed by atoms with Gasteiger partial charge in [-0.3, -0.25) is 0 Å². The molecular weight excluding hydrogens is 481 g/mol. The topological polar surface area (TPSA) is 55.1 Å². The fourth-order valence-electron chi connectivity index (χ4n) is 3.64. The molecule has 0 fully saturated rings. The minimum atomic E-state index is -4.36. The fourth-order valence-corrected chi connectivity index (χ4v) is 5.91. The molecule has 0 saturated heterocycles. The lowest BCUT2D eigenvalue weighted by Crippen LogP contribution is -2.34. The second-order valence-corrected chi connectivity index (χ2v) is 10.7. The number of aromatic nitrogens is 2. The maximum atomic E-state index is 12.8. The summed E-state index contributed by atoms with van der Waals surface area (Å²) >= 11 is 3.15. The average molecular weight is 505 g/mol. The van der Waals surface area contributed by atoms with Gasteiger partial charge in [-0.1, -0.05) is 12.1 Å². The lowest BCUT2D eigenvalue weighted by molar-refractivity contribution is -0.145. The first kappa shape index (κ1) is 24.3. The Labute approximate surface area is 203 Å². The van der Waals surface area contributed by atoms with Crippen LogP contribution in [0.2, 0.25) is 0 Å². The van der Waals surface area contributed by atoms with Crippen molar-refractivity contribution in [1.82, 2.24) is 9.55 Å². The van der Waals surface area contributed by atoms with Crippen LogP contribution in [0.1, 0.15) is 35.5 Å². The van der Waals surface area contributed by atoms with Crippen LogP contribution in [0.15, 0.2) is 53.6 Å². The van der Waals surface area contributed by atoms with Gasteiger partial charge in [0.2, 0.25) is 0 Å². The van der Waals surface area contributed by atoms with Crippen molar-refractivity contribution in [3.8, 4) is 10.6 Å². The third kappa shape index (κ3) is 4.59. The van der Waals surface area contributed by atoms with Gasteiger partial charge < -0.3 is 9.67 Å². The van der Waals surface area contributed by atoms with Crippen LogP contribution in [0.4, 0.5) is 13.2 Å². The molecule has 2 aromatic heterocycles. The van der Waals surface area contributed by atoms with Crippen molar-refractivity contribution in [2.45, 2.75) is 50.1 Å². The normalized spacial score (nSPS) is 12.4. The number of hydrogen-bond acceptors (Lipinski definition) is 4. The summed E-state index contributed by atoms with van der Waals surface area (Å²) in [6, 6.07) is 11.1. The van der Waals surface area contributed by atoms with E-state index in [-0.39, 0.29) is 0 Å². The van der Waals surface area contributed by atoms with Gasteiger partial charge in [-0.25, -0.2) is 9.78 Å². The number of fused-ring (bicyclic) bond motifs is 1. The van der Waals surface area contributed by atoms with Crippen LogP contribution in [0.5, 0.6) is 0 Å². The van der Waals surface area contributed by atoms with Gasteiger partial charge in [0, 0.05) is 38.2 Å². The van der Waals surface area contributed by atoms with Gasteiger partial charge in [0.25, 0.3) is 0 Å². The van der Waals surface area contributed by atoms with Gasteiger partial charge in [0.05, 0.1) is 11.3 Å². The molecule has 4 aromatic rings. The van der Waals surface area contributed by atoms with Crippen molar-refractivity contribution in [3.05, 3.63) is 70.4 Å². The monoisotopic (exact) mass is 504 g/mol. The summed E-state index contributed by atoms with van der Waals surface area (Å²) in [6.07, 6.45) is -2.56. The highest BCUT2D eigenvalue weighted by molar-refractivity contribution is 7.98. The fraction of sp³-hybridized carbons (Fsp3) is 0.280. The number of alkyl halides is 3. The van der Waals surface area contributed by atoms with Gasteiger partial charge in [-0.15, -0.1) is 23.1 Å². The molecule has 0 aliphatic rings. The van der Waals surface area contributed by atoms with E-state index in [0.29, 0.717) is 16.3 Å². The Hall–Kier alpha value is -2.78. The smallest absolute Gasteiger partial charge is 0.416 e. The molecule has 0 unspecified atom stereocenters. The Morgan fingerprint density at radius 1 is 1.12 bits per heavy atom. The average Bonchev–Trinajstić information content (AvgIpc) is 3.34. The molecule has 0 aliphatic carbocycles. The van der Waals surface area contributed by atoms with Gasteiger partial charge in [-0.2, -0.15) is 13.2 Å².